The number of thioether (sulfide) groups is 1. The number of amides is 1. The quantitative estimate of drug-likeness (QED) is 0.424. The van der Waals surface area contributed by atoms with Crippen molar-refractivity contribution in [2.75, 3.05) is 13.3 Å². The van der Waals surface area contributed by atoms with Crippen LogP contribution in [-0.2, 0) is 18.9 Å². The Hall–Kier alpha value is -2.30. The molecule has 0 radical (unpaired) electrons. The third-order valence-corrected chi connectivity index (χ3v) is 4.05. The molecule has 0 saturated carbocycles. The molecule has 0 unspecified atom stereocenters. The number of hydrogen-bond donors (Lipinski definition) is 0. The molecule has 1 heterocycles. The van der Waals surface area contributed by atoms with E-state index in [1.807, 2.05) is 0 Å². The van der Waals surface area contributed by atoms with Gasteiger partial charge < -0.3 is 4.90 Å². The normalized spacial score (nSPS) is 12.1. The summed E-state index contributed by atoms with van der Waals surface area (Å²) in [6.45, 7) is -0.448. The van der Waals surface area contributed by atoms with Crippen LogP contribution in [0.4, 0.5) is 26.3 Å². The summed E-state index contributed by atoms with van der Waals surface area (Å²) in [6.07, 6.45) is -5.68. The fourth-order valence-electron chi connectivity index (χ4n) is 2.21. The lowest BCUT2D eigenvalue weighted by Gasteiger charge is -2.19. The molecular weight excluding hydrogens is 396 g/mol. The van der Waals surface area contributed by atoms with Gasteiger partial charge in [-0.15, -0.1) is 0 Å². The Morgan fingerprint density at radius 3 is 1.89 bits per heavy atom. The Labute approximate surface area is 154 Å². The molecule has 0 spiro atoms. The third-order valence-electron chi connectivity index (χ3n) is 3.47. The van der Waals surface area contributed by atoms with Crippen LogP contribution in [-0.4, -0.2) is 34.1 Å². The molecule has 0 fully saturated rings. The Bertz CT molecular complexity index is 788. The minimum atomic E-state index is -4.94. The number of carbonyl (C=O) groups excluding carboxylic acids is 1. The topological polar surface area (TPSA) is 46.1 Å². The number of carbonyl (C=O) groups is 1. The Morgan fingerprint density at radius 1 is 1.00 bits per heavy atom. The number of nitrogens with zero attached hydrogens (tertiary/aromatic N) is 3. The summed E-state index contributed by atoms with van der Waals surface area (Å²) in [5.41, 5.74) is -3.09. The molecule has 2 rings (SSSR count). The van der Waals surface area contributed by atoms with Crippen LogP contribution in [0.2, 0.25) is 0 Å². The van der Waals surface area contributed by atoms with Crippen molar-refractivity contribution in [1.29, 1.82) is 0 Å². The van der Waals surface area contributed by atoms with Gasteiger partial charge in [-0.25, -0.2) is 9.97 Å². The molecule has 0 aliphatic carbocycles. The summed E-state index contributed by atoms with van der Waals surface area (Å²) >= 11 is 1.25. The smallest absolute Gasteiger partial charge is 0.337 e. The van der Waals surface area contributed by atoms with E-state index in [-0.39, 0.29) is 17.2 Å². The molecule has 2 aromatic rings. The van der Waals surface area contributed by atoms with Gasteiger partial charge >= 0.3 is 12.4 Å². The molecule has 1 aromatic carbocycles. The van der Waals surface area contributed by atoms with Crippen LogP contribution in [0.3, 0.4) is 0 Å². The second kappa shape index (κ2) is 7.75. The van der Waals surface area contributed by atoms with Crippen molar-refractivity contribution in [3.05, 3.63) is 52.8 Å². The number of aromatic nitrogens is 2. The molecule has 0 N–H and O–H groups in total. The van der Waals surface area contributed by atoms with Crippen molar-refractivity contribution >= 4 is 17.7 Å². The Morgan fingerprint density at radius 2 is 1.48 bits per heavy atom. The average Bonchev–Trinajstić information content (AvgIpc) is 2.59. The maximum Gasteiger partial charge on any atom is 0.416 e. The Balaban J connectivity index is 2.30. The molecule has 11 heteroatoms. The second-order valence-corrected chi connectivity index (χ2v) is 6.31. The summed E-state index contributed by atoms with van der Waals surface area (Å²) in [6, 6.07) is 1.22. The van der Waals surface area contributed by atoms with E-state index in [2.05, 4.69) is 9.97 Å². The fraction of sp³-hybridized carbons (Fsp3) is 0.312. The third kappa shape index (κ3) is 5.34. The number of halogens is 6. The first-order valence-electron chi connectivity index (χ1n) is 7.31. The number of benzene rings is 1. The fourth-order valence-corrected chi connectivity index (χ4v) is 2.52. The van der Waals surface area contributed by atoms with Crippen LogP contribution < -0.4 is 0 Å². The zero-order valence-corrected chi connectivity index (χ0v) is 14.8. The predicted molar refractivity (Wildman–Crippen MR) is 86.1 cm³/mol. The van der Waals surface area contributed by atoms with Gasteiger partial charge in [0.05, 0.1) is 16.7 Å². The number of rotatable bonds is 4. The van der Waals surface area contributed by atoms with Gasteiger partial charge in [0.15, 0.2) is 5.16 Å². The molecule has 0 bridgehead atoms. The molecule has 27 heavy (non-hydrogen) atoms. The van der Waals surface area contributed by atoms with Crippen molar-refractivity contribution in [3.8, 4) is 0 Å². The van der Waals surface area contributed by atoms with Crippen LogP contribution in [0.15, 0.2) is 35.7 Å². The Kier molecular flexibility index (Phi) is 6.03. The second-order valence-electron chi connectivity index (χ2n) is 5.53. The van der Waals surface area contributed by atoms with Gasteiger partial charge in [0, 0.05) is 26.0 Å². The van der Waals surface area contributed by atoms with E-state index in [1.165, 1.54) is 31.2 Å². The SMILES string of the molecule is CSc1ncc(C(=O)N(C)Cc2cc(C(F)(F)F)cc(C(F)(F)F)c2)cn1. The van der Waals surface area contributed by atoms with Gasteiger partial charge in [-0.1, -0.05) is 11.8 Å². The van der Waals surface area contributed by atoms with E-state index in [9.17, 15) is 31.1 Å². The maximum atomic E-state index is 12.9. The van der Waals surface area contributed by atoms with Crippen molar-refractivity contribution in [2.24, 2.45) is 0 Å². The van der Waals surface area contributed by atoms with Crippen LogP contribution >= 0.6 is 11.8 Å². The molecule has 0 aliphatic rings. The van der Waals surface area contributed by atoms with E-state index in [1.54, 1.807) is 6.26 Å². The standard InChI is InChI=1S/C16H13F6N3OS/c1-25(13(26)10-6-23-14(27-2)24-7-10)8-9-3-11(15(17,18)19)5-12(4-9)16(20,21)22/h3-7H,8H2,1-2H3. The van der Waals surface area contributed by atoms with E-state index >= 15 is 0 Å². The van der Waals surface area contributed by atoms with Gasteiger partial charge in [-0.05, 0) is 30.0 Å². The van der Waals surface area contributed by atoms with E-state index in [0.717, 1.165) is 4.90 Å². The molecule has 4 nitrogen and oxygen atoms in total. The molecule has 0 saturated heterocycles. The minimum Gasteiger partial charge on any atom is -0.337 e. The molecule has 1 amide bonds. The van der Waals surface area contributed by atoms with Crippen LogP contribution in [0.1, 0.15) is 27.0 Å². The van der Waals surface area contributed by atoms with Crippen molar-refractivity contribution in [1.82, 2.24) is 14.9 Å². The summed E-state index contributed by atoms with van der Waals surface area (Å²) < 4.78 is 77.4. The van der Waals surface area contributed by atoms with Crippen LogP contribution in [0, 0.1) is 0 Å². The lowest BCUT2D eigenvalue weighted by molar-refractivity contribution is -0.143. The zero-order chi connectivity index (χ0) is 20.4. The number of alkyl halides is 6. The van der Waals surface area contributed by atoms with E-state index in [4.69, 9.17) is 0 Å². The zero-order valence-electron chi connectivity index (χ0n) is 14.0. The average molecular weight is 409 g/mol. The van der Waals surface area contributed by atoms with Gasteiger partial charge in [0.25, 0.3) is 5.91 Å². The summed E-state index contributed by atoms with van der Waals surface area (Å²) in [4.78, 5) is 21.1. The summed E-state index contributed by atoms with van der Waals surface area (Å²) in [5, 5.41) is 0.418. The van der Waals surface area contributed by atoms with Gasteiger partial charge in [0.1, 0.15) is 0 Å². The van der Waals surface area contributed by atoms with E-state index in [0.29, 0.717) is 17.3 Å². The van der Waals surface area contributed by atoms with Crippen molar-refractivity contribution in [2.45, 2.75) is 24.1 Å². The summed E-state index contributed by atoms with van der Waals surface area (Å²) in [7, 11) is 1.26. The van der Waals surface area contributed by atoms with Crippen molar-refractivity contribution < 1.29 is 31.1 Å². The molecule has 0 aliphatic heterocycles. The van der Waals surface area contributed by atoms with Crippen LogP contribution in [0.5, 0.6) is 0 Å². The number of hydrogen-bond acceptors (Lipinski definition) is 4. The first kappa shape index (κ1) is 21.0. The van der Waals surface area contributed by atoms with Gasteiger partial charge in [-0.3, -0.25) is 4.79 Å². The van der Waals surface area contributed by atoms with Gasteiger partial charge in [-0.2, -0.15) is 26.3 Å². The first-order valence-corrected chi connectivity index (χ1v) is 8.54. The first-order chi connectivity index (χ1) is 12.4. The van der Waals surface area contributed by atoms with Crippen molar-refractivity contribution in [3.63, 3.8) is 0 Å². The van der Waals surface area contributed by atoms with E-state index < -0.39 is 35.9 Å². The van der Waals surface area contributed by atoms with Gasteiger partial charge in [0.2, 0.25) is 0 Å². The minimum absolute atomic E-state index is 0.0420. The maximum absolute atomic E-state index is 12.9. The molecular formula is C16H13F6N3OS. The molecule has 1 aromatic heterocycles. The lowest BCUT2D eigenvalue weighted by atomic mass is 10.0. The largest absolute Gasteiger partial charge is 0.416 e. The highest BCUT2D eigenvalue weighted by Crippen LogP contribution is 2.36. The lowest BCUT2D eigenvalue weighted by Crippen LogP contribution is -2.27. The predicted octanol–water partition coefficient (Wildman–Crippen LogP) is 4.51. The van der Waals surface area contributed by atoms with Crippen LogP contribution in [0.25, 0.3) is 0 Å². The summed E-state index contributed by atoms with van der Waals surface area (Å²) in [5.74, 6) is -0.631. The highest BCUT2D eigenvalue weighted by Gasteiger charge is 2.37. The molecule has 0 atom stereocenters. The monoisotopic (exact) mass is 409 g/mol. The molecule has 146 valence electrons. The highest BCUT2D eigenvalue weighted by molar-refractivity contribution is 7.98. The highest BCUT2D eigenvalue weighted by atomic mass is 32.2.